The van der Waals surface area contributed by atoms with Gasteiger partial charge in [0.15, 0.2) is 5.69 Å². The smallest absolute Gasteiger partial charge is 0.275 e. The third-order valence-corrected chi connectivity index (χ3v) is 6.36. The number of carbonyl (C=O) groups is 1. The normalized spacial score (nSPS) is 16.1. The van der Waals surface area contributed by atoms with Gasteiger partial charge in [-0.2, -0.15) is 9.40 Å². The number of aromatic amines is 1. The monoisotopic (exact) mass is 396 g/mol. The topological polar surface area (TPSA) is 86.4 Å². The summed E-state index contributed by atoms with van der Waals surface area (Å²) in [6.45, 7) is 1.18. The number of sulfonamides is 1. The summed E-state index contributed by atoms with van der Waals surface area (Å²) in [4.78, 5) is 14.5. The predicted octanol–water partition coefficient (Wildman–Crippen LogP) is 2.32. The van der Waals surface area contributed by atoms with Crippen LogP contribution in [0.15, 0.2) is 60.0 Å². The second kappa shape index (κ2) is 7.57. The van der Waals surface area contributed by atoms with E-state index in [0.29, 0.717) is 18.8 Å². The summed E-state index contributed by atoms with van der Waals surface area (Å²) in [6, 6.07) is 16.7. The summed E-state index contributed by atoms with van der Waals surface area (Å²) in [5.41, 5.74) is 2.00. The Hall–Kier alpha value is -2.97. The summed E-state index contributed by atoms with van der Waals surface area (Å²) in [7, 11) is -3.53. The van der Waals surface area contributed by atoms with E-state index < -0.39 is 10.0 Å². The van der Waals surface area contributed by atoms with Crippen molar-refractivity contribution in [2.75, 3.05) is 26.2 Å². The zero-order valence-corrected chi connectivity index (χ0v) is 16.0. The minimum atomic E-state index is -3.53. The van der Waals surface area contributed by atoms with Gasteiger partial charge in [-0.3, -0.25) is 9.89 Å². The lowest BCUT2D eigenvalue weighted by atomic mass is 10.2. The molecule has 1 aliphatic rings. The van der Waals surface area contributed by atoms with Gasteiger partial charge in [0.1, 0.15) is 0 Å². The molecule has 2 aromatic carbocycles. The molecule has 1 fully saturated rings. The molecule has 0 bridgehead atoms. The number of H-pyrrole nitrogens is 1. The zero-order chi connectivity index (χ0) is 19.6. The SMILES string of the molecule is O=C(c1n[nH]c2ccccc12)N1CCN(S(=O)(=O)/C=C/c2ccccc2)CC1. The van der Waals surface area contributed by atoms with Crippen LogP contribution in [0.2, 0.25) is 0 Å². The number of hydrogen-bond acceptors (Lipinski definition) is 4. The number of hydrogen-bond donors (Lipinski definition) is 1. The van der Waals surface area contributed by atoms with Crippen LogP contribution < -0.4 is 0 Å². The molecule has 0 saturated carbocycles. The number of carbonyl (C=O) groups excluding carboxylic acids is 1. The zero-order valence-electron chi connectivity index (χ0n) is 15.2. The van der Waals surface area contributed by atoms with Crippen molar-refractivity contribution in [3.05, 3.63) is 71.3 Å². The fourth-order valence-corrected chi connectivity index (χ4v) is 4.41. The van der Waals surface area contributed by atoms with Crippen molar-refractivity contribution in [2.24, 2.45) is 0 Å². The Morgan fingerprint density at radius 3 is 2.39 bits per heavy atom. The number of piperazine rings is 1. The molecule has 8 heteroatoms. The van der Waals surface area contributed by atoms with Gasteiger partial charge in [-0.25, -0.2) is 8.42 Å². The maximum atomic E-state index is 12.8. The second-order valence-corrected chi connectivity index (χ2v) is 8.39. The van der Waals surface area contributed by atoms with Gasteiger partial charge in [0.2, 0.25) is 10.0 Å². The highest BCUT2D eigenvalue weighted by Crippen LogP contribution is 2.18. The van der Waals surface area contributed by atoms with Crippen LogP contribution >= 0.6 is 0 Å². The lowest BCUT2D eigenvalue weighted by Gasteiger charge is -2.33. The van der Waals surface area contributed by atoms with E-state index in [1.54, 1.807) is 11.0 Å². The van der Waals surface area contributed by atoms with Crippen molar-refractivity contribution < 1.29 is 13.2 Å². The number of fused-ring (bicyclic) bond motifs is 1. The van der Waals surface area contributed by atoms with Crippen LogP contribution in [0.3, 0.4) is 0 Å². The van der Waals surface area contributed by atoms with Crippen LogP contribution in [0.1, 0.15) is 16.1 Å². The van der Waals surface area contributed by atoms with Crippen molar-refractivity contribution in [1.29, 1.82) is 0 Å². The van der Waals surface area contributed by atoms with Gasteiger partial charge in [0, 0.05) is 37.0 Å². The quantitative estimate of drug-likeness (QED) is 0.733. The summed E-state index contributed by atoms with van der Waals surface area (Å²) in [5.74, 6) is -0.186. The molecule has 1 aromatic heterocycles. The van der Waals surface area contributed by atoms with E-state index in [-0.39, 0.29) is 19.0 Å². The minimum Gasteiger partial charge on any atom is -0.335 e. The van der Waals surface area contributed by atoms with Gasteiger partial charge in [-0.05, 0) is 17.7 Å². The highest BCUT2D eigenvalue weighted by molar-refractivity contribution is 7.92. The third-order valence-electron chi connectivity index (χ3n) is 4.79. The van der Waals surface area contributed by atoms with Crippen molar-refractivity contribution in [2.45, 2.75) is 0 Å². The van der Waals surface area contributed by atoms with Crippen molar-refractivity contribution >= 4 is 32.9 Å². The van der Waals surface area contributed by atoms with Gasteiger partial charge in [-0.15, -0.1) is 0 Å². The number of para-hydroxylation sites is 1. The lowest BCUT2D eigenvalue weighted by molar-refractivity contribution is 0.0694. The molecule has 7 nitrogen and oxygen atoms in total. The Balaban J connectivity index is 1.43. The maximum absolute atomic E-state index is 12.8. The van der Waals surface area contributed by atoms with Gasteiger partial charge >= 0.3 is 0 Å². The average molecular weight is 396 g/mol. The van der Waals surface area contributed by atoms with Gasteiger partial charge in [0.05, 0.1) is 5.52 Å². The number of nitrogens with one attached hydrogen (secondary N) is 1. The van der Waals surface area contributed by atoms with Crippen LogP contribution in [0.25, 0.3) is 17.0 Å². The number of benzene rings is 2. The molecule has 1 saturated heterocycles. The second-order valence-electron chi connectivity index (χ2n) is 6.57. The maximum Gasteiger partial charge on any atom is 0.275 e. The Morgan fingerprint density at radius 1 is 0.964 bits per heavy atom. The fourth-order valence-electron chi connectivity index (χ4n) is 3.24. The van der Waals surface area contributed by atoms with E-state index in [0.717, 1.165) is 16.5 Å². The molecule has 2 heterocycles. The first-order chi connectivity index (χ1) is 13.5. The summed E-state index contributed by atoms with van der Waals surface area (Å²) in [6.07, 6.45) is 1.59. The molecule has 0 atom stereocenters. The number of aromatic nitrogens is 2. The summed E-state index contributed by atoms with van der Waals surface area (Å²) < 4.78 is 26.5. The number of amides is 1. The van der Waals surface area contributed by atoms with E-state index in [1.165, 1.54) is 9.71 Å². The molecule has 144 valence electrons. The molecular weight excluding hydrogens is 376 g/mol. The molecule has 28 heavy (non-hydrogen) atoms. The molecule has 1 N–H and O–H groups in total. The van der Waals surface area contributed by atoms with Crippen LogP contribution in [-0.4, -0.2) is 59.9 Å². The highest BCUT2D eigenvalue weighted by atomic mass is 32.2. The van der Waals surface area contributed by atoms with E-state index in [1.807, 2.05) is 54.6 Å². The van der Waals surface area contributed by atoms with Crippen molar-refractivity contribution in [1.82, 2.24) is 19.4 Å². The lowest BCUT2D eigenvalue weighted by Crippen LogP contribution is -2.50. The average Bonchev–Trinajstić information content (AvgIpc) is 3.17. The van der Waals surface area contributed by atoms with Crippen LogP contribution in [-0.2, 0) is 10.0 Å². The summed E-state index contributed by atoms with van der Waals surface area (Å²) in [5, 5.41) is 9.00. The van der Waals surface area contributed by atoms with E-state index >= 15 is 0 Å². The first kappa shape index (κ1) is 18.4. The van der Waals surface area contributed by atoms with Crippen LogP contribution in [0.5, 0.6) is 0 Å². The van der Waals surface area contributed by atoms with Gasteiger partial charge < -0.3 is 4.90 Å². The van der Waals surface area contributed by atoms with E-state index in [2.05, 4.69) is 10.2 Å². The van der Waals surface area contributed by atoms with Gasteiger partial charge in [-0.1, -0.05) is 48.5 Å². The Kier molecular flexibility index (Phi) is 4.97. The highest BCUT2D eigenvalue weighted by Gasteiger charge is 2.29. The first-order valence-corrected chi connectivity index (χ1v) is 10.5. The third kappa shape index (κ3) is 3.69. The van der Waals surface area contributed by atoms with E-state index in [9.17, 15) is 13.2 Å². The molecule has 0 aliphatic carbocycles. The minimum absolute atomic E-state index is 0.186. The molecule has 1 aliphatic heterocycles. The Morgan fingerprint density at radius 2 is 1.64 bits per heavy atom. The molecule has 4 rings (SSSR count). The molecule has 0 spiro atoms. The predicted molar refractivity (Wildman–Crippen MR) is 108 cm³/mol. The van der Waals surface area contributed by atoms with Gasteiger partial charge in [0.25, 0.3) is 5.91 Å². The van der Waals surface area contributed by atoms with Crippen LogP contribution in [0, 0.1) is 0 Å². The molecular formula is C20H20N4O3S. The van der Waals surface area contributed by atoms with Crippen LogP contribution in [0.4, 0.5) is 0 Å². The Bertz CT molecular complexity index is 1110. The number of nitrogens with zero attached hydrogens (tertiary/aromatic N) is 3. The standard InChI is InChI=1S/C20H20N4O3S/c25-20(19-17-8-4-5-9-18(17)21-22-19)23-11-13-24(14-12-23)28(26,27)15-10-16-6-2-1-3-7-16/h1-10,15H,11-14H2,(H,21,22)/b15-10+. The molecule has 0 radical (unpaired) electrons. The molecule has 0 unspecified atom stereocenters. The fraction of sp³-hybridized carbons (Fsp3) is 0.200. The van der Waals surface area contributed by atoms with E-state index in [4.69, 9.17) is 0 Å². The molecule has 1 amide bonds. The van der Waals surface area contributed by atoms with Crippen molar-refractivity contribution in [3.63, 3.8) is 0 Å². The largest absolute Gasteiger partial charge is 0.335 e. The molecule has 3 aromatic rings. The Labute approximate surface area is 163 Å². The number of rotatable bonds is 4. The van der Waals surface area contributed by atoms with Crippen molar-refractivity contribution in [3.8, 4) is 0 Å². The summed E-state index contributed by atoms with van der Waals surface area (Å²) >= 11 is 0. The first-order valence-electron chi connectivity index (χ1n) is 9.00.